The van der Waals surface area contributed by atoms with Crippen molar-refractivity contribution >= 4 is 33.3 Å². The lowest BCUT2D eigenvalue weighted by molar-refractivity contribution is 0.0697. The number of ether oxygens (including phenoxy) is 1. The molecule has 2 aromatic carbocycles. The van der Waals surface area contributed by atoms with Crippen molar-refractivity contribution in [2.45, 2.75) is 11.3 Å². The SMILES string of the molecule is COc1ccc(Cl)cc1S(=O)(=O)N1CCc2ccc(C(=O)O)cc21. The summed E-state index contributed by atoms with van der Waals surface area (Å²) in [6, 6.07) is 8.84. The highest BCUT2D eigenvalue weighted by atomic mass is 35.5. The predicted octanol–water partition coefficient (Wildman–Crippen LogP) is 2.80. The fraction of sp³-hybridized carbons (Fsp3) is 0.188. The molecule has 0 aliphatic carbocycles. The smallest absolute Gasteiger partial charge is 0.335 e. The molecule has 3 rings (SSSR count). The zero-order valence-electron chi connectivity index (χ0n) is 12.7. The topological polar surface area (TPSA) is 83.9 Å². The van der Waals surface area contributed by atoms with E-state index in [4.69, 9.17) is 21.4 Å². The molecule has 1 heterocycles. The minimum Gasteiger partial charge on any atom is -0.495 e. The molecular weight excluding hydrogens is 354 g/mol. The molecule has 0 unspecified atom stereocenters. The maximum Gasteiger partial charge on any atom is 0.335 e. The lowest BCUT2D eigenvalue weighted by Gasteiger charge is -2.21. The van der Waals surface area contributed by atoms with Crippen molar-refractivity contribution in [1.29, 1.82) is 0 Å². The number of nitrogens with zero attached hydrogens (tertiary/aromatic N) is 1. The summed E-state index contributed by atoms with van der Waals surface area (Å²) in [5.41, 5.74) is 1.19. The average Bonchev–Trinajstić information content (AvgIpc) is 2.98. The maximum absolute atomic E-state index is 13.1. The van der Waals surface area contributed by atoms with Crippen LogP contribution in [0.3, 0.4) is 0 Å². The summed E-state index contributed by atoms with van der Waals surface area (Å²) in [6.07, 6.45) is 0.511. The minimum absolute atomic E-state index is 0.0360. The molecule has 8 heteroatoms. The van der Waals surface area contributed by atoms with Crippen LogP contribution in [0.25, 0.3) is 0 Å². The van der Waals surface area contributed by atoms with Crippen LogP contribution < -0.4 is 9.04 Å². The number of methoxy groups -OCH3 is 1. The van der Waals surface area contributed by atoms with Gasteiger partial charge in [0.25, 0.3) is 10.0 Å². The van der Waals surface area contributed by atoms with Crippen LogP contribution in [0.15, 0.2) is 41.3 Å². The van der Waals surface area contributed by atoms with Gasteiger partial charge in [0.2, 0.25) is 0 Å². The average molecular weight is 368 g/mol. The van der Waals surface area contributed by atoms with Crippen molar-refractivity contribution in [1.82, 2.24) is 0 Å². The van der Waals surface area contributed by atoms with E-state index in [1.807, 2.05) is 0 Å². The number of benzene rings is 2. The zero-order chi connectivity index (χ0) is 17.5. The fourth-order valence-electron chi connectivity index (χ4n) is 2.70. The molecule has 126 valence electrons. The molecule has 0 spiro atoms. The van der Waals surface area contributed by atoms with Crippen molar-refractivity contribution in [3.63, 3.8) is 0 Å². The van der Waals surface area contributed by atoms with E-state index in [1.54, 1.807) is 12.1 Å². The maximum atomic E-state index is 13.1. The Morgan fingerprint density at radius 3 is 2.67 bits per heavy atom. The van der Waals surface area contributed by atoms with Crippen LogP contribution in [0.5, 0.6) is 5.75 Å². The lowest BCUT2D eigenvalue weighted by Crippen LogP contribution is -2.29. The van der Waals surface area contributed by atoms with Crippen molar-refractivity contribution in [3.05, 3.63) is 52.5 Å². The molecule has 0 bridgehead atoms. The third kappa shape index (κ3) is 2.70. The van der Waals surface area contributed by atoms with Gasteiger partial charge in [0, 0.05) is 11.6 Å². The Bertz CT molecular complexity index is 926. The second-order valence-electron chi connectivity index (χ2n) is 5.27. The summed E-state index contributed by atoms with van der Waals surface area (Å²) >= 11 is 5.94. The zero-order valence-corrected chi connectivity index (χ0v) is 14.3. The number of rotatable bonds is 4. The van der Waals surface area contributed by atoms with Gasteiger partial charge >= 0.3 is 5.97 Å². The monoisotopic (exact) mass is 367 g/mol. The van der Waals surface area contributed by atoms with Gasteiger partial charge in [0.05, 0.1) is 18.4 Å². The normalized spacial score (nSPS) is 13.7. The summed E-state index contributed by atoms with van der Waals surface area (Å²) in [7, 11) is -2.55. The quantitative estimate of drug-likeness (QED) is 0.898. The van der Waals surface area contributed by atoms with Gasteiger partial charge in [-0.05, 0) is 42.3 Å². The lowest BCUT2D eigenvalue weighted by atomic mass is 10.1. The number of anilines is 1. The standard InChI is InChI=1S/C16H14ClNO5S/c1-23-14-5-4-12(17)9-15(14)24(21,22)18-7-6-10-2-3-11(16(19)20)8-13(10)18/h2-5,8-9H,6-7H2,1H3,(H,19,20). The van der Waals surface area contributed by atoms with E-state index < -0.39 is 16.0 Å². The second-order valence-corrected chi connectivity index (χ2v) is 7.54. The third-order valence-electron chi connectivity index (χ3n) is 3.88. The first-order valence-electron chi connectivity index (χ1n) is 7.07. The number of sulfonamides is 1. The Morgan fingerprint density at radius 1 is 1.25 bits per heavy atom. The Balaban J connectivity index is 2.13. The molecule has 0 aromatic heterocycles. The number of carbonyl (C=O) groups is 1. The first-order chi connectivity index (χ1) is 11.3. The Morgan fingerprint density at radius 2 is 2.00 bits per heavy atom. The van der Waals surface area contributed by atoms with Gasteiger partial charge in [-0.1, -0.05) is 17.7 Å². The molecule has 1 N–H and O–H groups in total. The van der Waals surface area contributed by atoms with E-state index >= 15 is 0 Å². The van der Waals surface area contributed by atoms with Crippen LogP contribution in [0.2, 0.25) is 5.02 Å². The van der Waals surface area contributed by atoms with Crippen LogP contribution in [-0.2, 0) is 16.4 Å². The molecule has 2 aromatic rings. The molecule has 0 atom stereocenters. The minimum atomic E-state index is -3.93. The number of aromatic carboxylic acids is 1. The van der Waals surface area contributed by atoms with Gasteiger partial charge < -0.3 is 9.84 Å². The van der Waals surface area contributed by atoms with Gasteiger partial charge in [-0.2, -0.15) is 0 Å². The largest absolute Gasteiger partial charge is 0.495 e. The Kier molecular flexibility index (Phi) is 4.15. The van der Waals surface area contributed by atoms with Crippen LogP contribution >= 0.6 is 11.6 Å². The van der Waals surface area contributed by atoms with Crippen molar-refractivity contribution in [3.8, 4) is 5.75 Å². The van der Waals surface area contributed by atoms with E-state index in [2.05, 4.69) is 0 Å². The van der Waals surface area contributed by atoms with E-state index in [1.165, 1.54) is 35.7 Å². The van der Waals surface area contributed by atoms with Crippen LogP contribution in [0, 0.1) is 0 Å². The number of halogens is 1. The van der Waals surface area contributed by atoms with Crippen LogP contribution in [0.1, 0.15) is 15.9 Å². The molecule has 1 aliphatic heterocycles. The van der Waals surface area contributed by atoms with Crippen LogP contribution in [-0.4, -0.2) is 33.1 Å². The molecule has 6 nitrogen and oxygen atoms in total. The van der Waals surface area contributed by atoms with Crippen LogP contribution in [0.4, 0.5) is 5.69 Å². The first kappa shape index (κ1) is 16.6. The third-order valence-corrected chi connectivity index (χ3v) is 5.95. The number of hydrogen-bond acceptors (Lipinski definition) is 4. The van der Waals surface area contributed by atoms with Gasteiger partial charge in [-0.25, -0.2) is 13.2 Å². The highest BCUT2D eigenvalue weighted by Crippen LogP contribution is 2.37. The Labute approximate surface area is 144 Å². The van der Waals surface area contributed by atoms with Crippen molar-refractivity contribution in [2.24, 2.45) is 0 Å². The molecule has 0 radical (unpaired) electrons. The Hall–Kier alpha value is -2.25. The molecule has 0 fully saturated rings. The van der Waals surface area contributed by atoms with Gasteiger partial charge in [-0.15, -0.1) is 0 Å². The van der Waals surface area contributed by atoms with E-state index in [9.17, 15) is 13.2 Å². The number of carboxylic acids is 1. The number of hydrogen-bond donors (Lipinski definition) is 1. The number of carboxylic acid groups (broad SMARTS) is 1. The van der Waals surface area contributed by atoms with Gasteiger partial charge in [0.15, 0.2) is 0 Å². The van der Waals surface area contributed by atoms with E-state index in [0.29, 0.717) is 12.1 Å². The molecular formula is C16H14ClNO5S. The number of fused-ring (bicyclic) bond motifs is 1. The summed E-state index contributed by atoms with van der Waals surface area (Å²) in [4.78, 5) is 11.1. The highest BCUT2D eigenvalue weighted by Gasteiger charge is 2.33. The van der Waals surface area contributed by atoms with Gasteiger partial charge in [0.1, 0.15) is 10.6 Å². The van der Waals surface area contributed by atoms with Crippen molar-refractivity contribution < 1.29 is 23.1 Å². The van der Waals surface area contributed by atoms with E-state index in [-0.39, 0.29) is 27.8 Å². The molecule has 24 heavy (non-hydrogen) atoms. The molecule has 0 saturated heterocycles. The highest BCUT2D eigenvalue weighted by molar-refractivity contribution is 7.93. The molecule has 0 saturated carbocycles. The van der Waals surface area contributed by atoms with Gasteiger partial charge in [-0.3, -0.25) is 4.31 Å². The first-order valence-corrected chi connectivity index (χ1v) is 8.89. The summed E-state index contributed by atoms with van der Waals surface area (Å²) in [6.45, 7) is 0.233. The second kappa shape index (κ2) is 5.99. The van der Waals surface area contributed by atoms with Crippen molar-refractivity contribution in [2.75, 3.05) is 18.0 Å². The molecule has 1 aliphatic rings. The van der Waals surface area contributed by atoms with E-state index in [0.717, 1.165) is 5.56 Å². The summed E-state index contributed by atoms with van der Waals surface area (Å²) in [5, 5.41) is 9.41. The predicted molar refractivity (Wildman–Crippen MR) is 89.6 cm³/mol. The molecule has 0 amide bonds. The fourth-order valence-corrected chi connectivity index (χ4v) is 4.62. The summed E-state index contributed by atoms with van der Waals surface area (Å²) in [5.74, 6) is -0.926. The summed E-state index contributed by atoms with van der Waals surface area (Å²) < 4.78 is 32.4.